The van der Waals surface area contributed by atoms with Gasteiger partial charge in [-0.3, -0.25) is 0 Å². The molecule has 13 heavy (non-hydrogen) atoms. The molecule has 0 heterocycles. The van der Waals surface area contributed by atoms with E-state index in [1.165, 1.54) is 12.8 Å². The first-order valence-corrected chi connectivity index (χ1v) is 5.91. The minimum absolute atomic E-state index is 0.500. The largest absolute Gasteiger partial charge is 0.0683 e. The summed E-state index contributed by atoms with van der Waals surface area (Å²) in [7, 11) is 0. The van der Waals surface area contributed by atoms with Crippen LogP contribution in [0.15, 0.2) is 0 Å². The molecule has 0 aliphatic carbocycles. The predicted molar refractivity (Wildman–Crippen MR) is 68.4 cm³/mol. The van der Waals surface area contributed by atoms with E-state index in [-0.39, 0.29) is 0 Å². The molecule has 0 fully saturated rings. The normalized spacial score (nSPS) is 7.85. The summed E-state index contributed by atoms with van der Waals surface area (Å²) in [5.41, 5.74) is 0.500. The van der Waals surface area contributed by atoms with E-state index in [0.29, 0.717) is 5.41 Å². The van der Waals surface area contributed by atoms with Gasteiger partial charge in [0.1, 0.15) is 0 Å². The smallest absolute Gasteiger partial charge is 0.0411 e. The summed E-state index contributed by atoms with van der Waals surface area (Å²) in [4.78, 5) is 0. The van der Waals surface area contributed by atoms with E-state index in [9.17, 15) is 0 Å². The van der Waals surface area contributed by atoms with Gasteiger partial charge < -0.3 is 0 Å². The van der Waals surface area contributed by atoms with Crippen LogP contribution in [0.5, 0.6) is 0 Å². The monoisotopic (exact) mass is 190 g/mol. The number of hydrogen-bond acceptors (Lipinski definition) is 0. The Balaban J connectivity index is -0.0000000457. The van der Waals surface area contributed by atoms with Gasteiger partial charge in [0.2, 0.25) is 0 Å². The van der Waals surface area contributed by atoms with Crippen LogP contribution >= 0.6 is 0 Å². The third kappa shape index (κ3) is 1200. The number of rotatable bonds is 1. The Morgan fingerprint density at radius 3 is 0.692 bits per heavy atom. The van der Waals surface area contributed by atoms with Crippen molar-refractivity contribution in [3.05, 3.63) is 0 Å². The Bertz CT molecular complexity index is 30.5. The van der Waals surface area contributed by atoms with Crippen molar-refractivity contribution in [3.8, 4) is 0 Å². The molecule has 0 N–H and O–H groups in total. The third-order valence-corrected chi connectivity index (χ3v) is 0.500. The second-order valence-corrected chi connectivity index (χ2v) is 4.00. The van der Waals surface area contributed by atoms with E-state index >= 15 is 0 Å². The summed E-state index contributed by atoms with van der Waals surface area (Å²) in [5.74, 6) is 0. The Morgan fingerprint density at radius 1 is 0.615 bits per heavy atom. The second kappa shape index (κ2) is 22.7. The van der Waals surface area contributed by atoms with E-state index in [2.05, 4.69) is 41.5 Å². The summed E-state index contributed by atoms with van der Waals surface area (Å²) in [6.07, 6.45) is 2.64. The van der Waals surface area contributed by atoms with E-state index < -0.39 is 0 Å². The zero-order chi connectivity index (χ0) is 11.9. The Hall–Kier alpha value is 0. The molecule has 0 aromatic heterocycles. The topological polar surface area (TPSA) is 0 Å². The van der Waals surface area contributed by atoms with Crippen molar-refractivity contribution in [2.24, 2.45) is 5.41 Å². The maximum absolute atomic E-state index is 2.19. The molecule has 0 aromatic rings. The zero-order valence-electron chi connectivity index (χ0n) is 11.9. The minimum atomic E-state index is 0.500. The van der Waals surface area contributed by atoms with Gasteiger partial charge in [-0.2, -0.15) is 0 Å². The van der Waals surface area contributed by atoms with Crippen molar-refractivity contribution >= 4 is 0 Å². The molecule has 0 atom stereocenters. The van der Waals surface area contributed by atoms with E-state index in [0.717, 1.165) is 0 Å². The van der Waals surface area contributed by atoms with Crippen LogP contribution in [0.2, 0.25) is 0 Å². The van der Waals surface area contributed by atoms with Gasteiger partial charge in [0.15, 0.2) is 0 Å². The zero-order valence-corrected chi connectivity index (χ0v) is 11.9. The van der Waals surface area contributed by atoms with Crippen molar-refractivity contribution in [2.45, 2.75) is 82.1 Å². The molecule has 0 spiro atoms. The average molecular weight is 190 g/mol. The molecule has 0 aliphatic rings. The molecule has 0 radical (unpaired) electrons. The molecule has 0 aliphatic heterocycles. The average Bonchev–Trinajstić information content (AvgIpc) is 2.08. The predicted octanol–water partition coefficient (Wildman–Crippen LogP) is 5.91. The highest BCUT2D eigenvalue weighted by atomic mass is 14.0. The van der Waals surface area contributed by atoms with Gasteiger partial charge in [-0.15, -0.1) is 0 Å². The fourth-order valence-corrected chi connectivity index (χ4v) is 0. The van der Waals surface area contributed by atoms with Crippen LogP contribution in [-0.2, 0) is 0 Å². The van der Waals surface area contributed by atoms with E-state index in [1.807, 2.05) is 27.7 Å². The summed E-state index contributed by atoms with van der Waals surface area (Å²) in [6, 6.07) is 0. The second-order valence-electron chi connectivity index (χ2n) is 4.00. The van der Waals surface area contributed by atoms with E-state index in [1.54, 1.807) is 0 Å². The molecule has 0 nitrogen and oxygen atoms in total. The molecule has 0 rings (SSSR count). The number of hydrogen-bond donors (Lipinski definition) is 0. The third-order valence-electron chi connectivity index (χ3n) is 0.500. The first-order chi connectivity index (χ1) is 5.91. The molecular formula is C13H34. The van der Waals surface area contributed by atoms with Crippen LogP contribution in [0.3, 0.4) is 0 Å². The maximum Gasteiger partial charge on any atom is -0.0411 e. The fourth-order valence-electron chi connectivity index (χ4n) is 0. The molecular weight excluding hydrogens is 156 g/mol. The highest BCUT2D eigenvalue weighted by molar-refractivity contribution is 4.47. The van der Waals surface area contributed by atoms with Crippen molar-refractivity contribution in [1.82, 2.24) is 0 Å². The van der Waals surface area contributed by atoms with Crippen molar-refractivity contribution in [2.75, 3.05) is 0 Å². The fraction of sp³-hybridized carbons (Fsp3) is 1.00. The Morgan fingerprint density at radius 2 is 0.692 bits per heavy atom. The van der Waals surface area contributed by atoms with Crippen LogP contribution in [0, 0.1) is 5.41 Å². The van der Waals surface area contributed by atoms with Gasteiger partial charge >= 0.3 is 0 Å². The SMILES string of the molecule is CC.CC.CC(C)(C)C.CCCC. The molecule has 86 valence electrons. The maximum atomic E-state index is 2.19. The van der Waals surface area contributed by atoms with Crippen molar-refractivity contribution in [3.63, 3.8) is 0 Å². The Kier molecular flexibility index (Phi) is 40.3. The highest BCUT2D eigenvalue weighted by Gasteiger charge is 1.95. The highest BCUT2D eigenvalue weighted by Crippen LogP contribution is 2.07. The lowest BCUT2D eigenvalue weighted by atomic mass is 10.0. The van der Waals surface area contributed by atoms with Gasteiger partial charge in [0, 0.05) is 0 Å². The van der Waals surface area contributed by atoms with Crippen LogP contribution in [-0.4, -0.2) is 0 Å². The van der Waals surface area contributed by atoms with E-state index in [4.69, 9.17) is 0 Å². The standard InChI is InChI=1S/C5H12.C4H10.2C2H6/c1-5(2,3)4;1-3-4-2;2*1-2/h1-4H3;3-4H2,1-2H3;2*1-2H3. The summed E-state index contributed by atoms with van der Waals surface area (Å²) in [5, 5.41) is 0. The minimum Gasteiger partial charge on any atom is -0.0683 e. The van der Waals surface area contributed by atoms with Gasteiger partial charge in [-0.25, -0.2) is 0 Å². The van der Waals surface area contributed by atoms with Crippen LogP contribution in [0.1, 0.15) is 82.1 Å². The van der Waals surface area contributed by atoms with Crippen molar-refractivity contribution < 1.29 is 0 Å². The van der Waals surface area contributed by atoms with Gasteiger partial charge in [0.05, 0.1) is 0 Å². The van der Waals surface area contributed by atoms with Gasteiger partial charge in [-0.1, -0.05) is 82.1 Å². The van der Waals surface area contributed by atoms with Crippen LogP contribution < -0.4 is 0 Å². The molecule has 0 amide bonds. The molecule has 0 bridgehead atoms. The summed E-state index contributed by atoms with van der Waals surface area (Å²) in [6.45, 7) is 21.1. The molecule has 0 heteroatoms. The van der Waals surface area contributed by atoms with Crippen LogP contribution in [0.25, 0.3) is 0 Å². The lowest BCUT2D eigenvalue weighted by Crippen LogP contribution is -1.93. The first-order valence-electron chi connectivity index (χ1n) is 5.91. The molecule has 0 saturated heterocycles. The van der Waals surface area contributed by atoms with Crippen LogP contribution in [0.4, 0.5) is 0 Å². The molecule has 0 saturated carbocycles. The quantitative estimate of drug-likeness (QED) is 0.482. The first kappa shape index (κ1) is 23.1. The lowest BCUT2D eigenvalue weighted by Gasteiger charge is -2.05. The molecule has 0 unspecified atom stereocenters. The molecule has 0 aromatic carbocycles. The van der Waals surface area contributed by atoms with Gasteiger partial charge in [-0.05, 0) is 5.41 Å². The number of unbranched alkanes of at least 4 members (excludes halogenated alkanes) is 1. The Labute approximate surface area is 88.1 Å². The van der Waals surface area contributed by atoms with Crippen molar-refractivity contribution in [1.29, 1.82) is 0 Å². The lowest BCUT2D eigenvalue weighted by molar-refractivity contribution is 0.469. The summed E-state index contributed by atoms with van der Waals surface area (Å²) >= 11 is 0. The summed E-state index contributed by atoms with van der Waals surface area (Å²) < 4.78 is 0. The van der Waals surface area contributed by atoms with Gasteiger partial charge in [0.25, 0.3) is 0 Å².